The maximum absolute atomic E-state index is 12.4. The first-order valence-corrected chi connectivity index (χ1v) is 8.65. The lowest BCUT2D eigenvalue weighted by Crippen LogP contribution is -2.50. The van der Waals surface area contributed by atoms with Gasteiger partial charge in [-0.25, -0.2) is 0 Å². The van der Waals surface area contributed by atoms with Crippen LogP contribution in [-0.4, -0.2) is 37.0 Å². The summed E-state index contributed by atoms with van der Waals surface area (Å²) in [6.45, 7) is 7.79. The van der Waals surface area contributed by atoms with Crippen molar-refractivity contribution in [2.45, 2.75) is 26.7 Å². The highest BCUT2D eigenvalue weighted by atomic mass is 79.9. The quantitative estimate of drug-likeness (QED) is 0.833. The zero-order valence-corrected chi connectivity index (χ0v) is 14.4. The third-order valence-electron chi connectivity index (χ3n) is 4.82. The fourth-order valence-corrected chi connectivity index (χ4v) is 3.34. The van der Waals surface area contributed by atoms with Crippen molar-refractivity contribution in [1.29, 1.82) is 0 Å². The highest BCUT2D eigenvalue weighted by Gasteiger charge is 2.35. The third kappa shape index (κ3) is 3.25. The molecule has 1 aliphatic carbocycles. The lowest BCUT2D eigenvalue weighted by Gasteiger charge is -2.37. The molecule has 1 aromatic carbocycles. The molecule has 1 atom stereocenters. The number of hydrogen-bond donors (Lipinski definition) is 0. The summed E-state index contributed by atoms with van der Waals surface area (Å²) in [4.78, 5) is 16.9. The molecule has 1 heterocycles. The van der Waals surface area contributed by atoms with Crippen LogP contribution in [0.1, 0.15) is 25.3 Å². The molecule has 0 spiro atoms. The zero-order valence-electron chi connectivity index (χ0n) is 12.8. The van der Waals surface area contributed by atoms with E-state index in [-0.39, 0.29) is 5.92 Å². The minimum atomic E-state index is 0.228. The molecule has 1 unspecified atom stereocenters. The summed E-state index contributed by atoms with van der Waals surface area (Å²) in [5, 5.41) is 0. The number of piperazine rings is 1. The average molecular weight is 351 g/mol. The Morgan fingerprint density at radius 2 is 1.90 bits per heavy atom. The average Bonchev–Trinajstić information content (AvgIpc) is 3.33. The molecule has 21 heavy (non-hydrogen) atoms. The molecule has 1 amide bonds. The molecule has 1 saturated carbocycles. The van der Waals surface area contributed by atoms with Crippen LogP contribution >= 0.6 is 15.9 Å². The highest BCUT2D eigenvalue weighted by Crippen LogP contribution is 2.37. The van der Waals surface area contributed by atoms with Crippen molar-refractivity contribution in [2.75, 3.05) is 31.1 Å². The van der Waals surface area contributed by atoms with Gasteiger partial charge in [-0.05, 0) is 49.4 Å². The number of carbonyl (C=O) groups excluding carboxylic acids is 1. The second kappa shape index (κ2) is 5.99. The predicted octanol–water partition coefficient (Wildman–Crippen LogP) is 3.45. The fourth-order valence-electron chi connectivity index (χ4n) is 3.10. The fraction of sp³-hybridized carbons (Fsp3) is 0.588. The van der Waals surface area contributed by atoms with Crippen LogP contribution < -0.4 is 4.90 Å². The van der Waals surface area contributed by atoms with Gasteiger partial charge in [0, 0.05) is 42.3 Å². The number of carbonyl (C=O) groups is 1. The van der Waals surface area contributed by atoms with Crippen molar-refractivity contribution in [3.8, 4) is 0 Å². The Balaban J connectivity index is 1.59. The normalized spacial score (nSPS) is 20.5. The van der Waals surface area contributed by atoms with Gasteiger partial charge >= 0.3 is 0 Å². The van der Waals surface area contributed by atoms with Gasteiger partial charge in [-0.1, -0.05) is 22.9 Å². The summed E-state index contributed by atoms with van der Waals surface area (Å²) in [5.74, 6) is 1.25. The van der Waals surface area contributed by atoms with E-state index in [1.165, 1.54) is 24.1 Å². The van der Waals surface area contributed by atoms with Crippen LogP contribution in [0.15, 0.2) is 22.7 Å². The van der Waals surface area contributed by atoms with Gasteiger partial charge in [0.25, 0.3) is 0 Å². The Kier molecular flexibility index (Phi) is 4.25. The third-order valence-corrected chi connectivity index (χ3v) is 5.71. The summed E-state index contributed by atoms with van der Waals surface area (Å²) < 4.78 is 1.15. The van der Waals surface area contributed by atoms with Crippen LogP contribution in [0.25, 0.3) is 0 Å². The Morgan fingerprint density at radius 1 is 1.24 bits per heavy atom. The molecule has 1 saturated heterocycles. The molecule has 1 aromatic rings. The Hall–Kier alpha value is -1.03. The number of benzene rings is 1. The number of hydrogen-bond acceptors (Lipinski definition) is 2. The van der Waals surface area contributed by atoms with Crippen LogP contribution in [-0.2, 0) is 4.79 Å². The van der Waals surface area contributed by atoms with E-state index in [1.807, 2.05) is 0 Å². The van der Waals surface area contributed by atoms with Crippen molar-refractivity contribution in [1.82, 2.24) is 4.90 Å². The van der Waals surface area contributed by atoms with E-state index in [0.717, 1.165) is 30.7 Å². The monoisotopic (exact) mass is 350 g/mol. The first-order valence-electron chi connectivity index (χ1n) is 7.86. The van der Waals surface area contributed by atoms with E-state index >= 15 is 0 Å². The number of amides is 1. The van der Waals surface area contributed by atoms with E-state index in [2.05, 4.69) is 57.8 Å². The molecule has 4 heteroatoms. The number of rotatable bonds is 3. The number of anilines is 1. The van der Waals surface area contributed by atoms with Gasteiger partial charge in [0.15, 0.2) is 0 Å². The van der Waals surface area contributed by atoms with E-state index in [4.69, 9.17) is 0 Å². The Labute approximate surface area is 135 Å². The van der Waals surface area contributed by atoms with Gasteiger partial charge in [0.05, 0.1) is 0 Å². The van der Waals surface area contributed by atoms with Gasteiger partial charge in [-0.15, -0.1) is 0 Å². The van der Waals surface area contributed by atoms with Crippen molar-refractivity contribution >= 4 is 27.5 Å². The molecule has 2 aliphatic rings. The second-order valence-corrected chi connectivity index (χ2v) is 7.23. The van der Waals surface area contributed by atoms with Crippen LogP contribution in [0.3, 0.4) is 0 Å². The standard InChI is InChI=1S/C17H23BrN2O/c1-12-11-15(5-6-16(12)18)19-7-9-20(10-8-19)17(21)13(2)14-3-4-14/h5-6,11,13-14H,3-4,7-10H2,1-2H3. The molecular weight excluding hydrogens is 328 g/mol. The first-order chi connectivity index (χ1) is 10.1. The number of halogens is 1. The van der Waals surface area contributed by atoms with Gasteiger partial charge < -0.3 is 9.80 Å². The van der Waals surface area contributed by atoms with E-state index in [0.29, 0.717) is 11.8 Å². The van der Waals surface area contributed by atoms with E-state index < -0.39 is 0 Å². The van der Waals surface area contributed by atoms with Gasteiger partial charge in [0.1, 0.15) is 0 Å². The molecule has 0 radical (unpaired) electrons. The summed E-state index contributed by atoms with van der Waals surface area (Å²) in [5.41, 5.74) is 2.52. The molecule has 3 rings (SSSR count). The molecule has 0 N–H and O–H groups in total. The maximum atomic E-state index is 12.4. The largest absolute Gasteiger partial charge is 0.368 e. The smallest absolute Gasteiger partial charge is 0.225 e. The number of aryl methyl sites for hydroxylation is 1. The first kappa shape index (κ1) is 14.9. The highest BCUT2D eigenvalue weighted by molar-refractivity contribution is 9.10. The molecule has 2 fully saturated rings. The molecular formula is C17H23BrN2O. The van der Waals surface area contributed by atoms with Crippen molar-refractivity contribution in [2.24, 2.45) is 11.8 Å². The van der Waals surface area contributed by atoms with Gasteiger partial charge in [-0.2, -0.15) is 0 Å². The summed E-state index contributed by atoms with van der Waals surface area (Å²) in [6.07, 6.45) is 2.48. The lowest BCUT2D eigenvalue weighted by atomic mass is 10.0. The van der Waals surface area contributed by atoms with Crippen molar-refractivity contribution < 1.29 is 4.79 Å². The van der Waals surface area contributed by atoms with Gasteiger partial charge in [-0.3, -0.25) is 4.79 Å². The Bertz CT molecular complexity index is 534. The zero-order chi connectivity index (χ0) is 15.0. The van der Waals surface area contributed by atoms with E-state index in [9.17, 15) is 4.79 Å². The van der Waals surface area contributed by atoms with Crippen LogP contribution in [0.4, 0.5) is 5.69 Å². The molecule has 1 aliphatic heterocycles. The summed E-state index contributed by atoms with van der Waals surface area (Å²) >= 11 is 3.55. The summed E-state index contributed by atoms with van der Waals surface area (Å²) in [7, 11) is 0. The SMILES string of the molecule is Cc1cc(N2CCN(C(=O)C(C)C3CC3)CC2)ccc1Br. The topological polar surface area (TPSA) is 23.6 Å². The van der Waals surface area contributed by atoms with Crippen molar-refractivity contribution in [3.63, 3.8) is 0 Å². The summed E-state index contributed by atoms with van der Waals surface area (Å²) in [6, 6.07) is 6.48. The number of nitrogens with zero attached hydrogens (tertiary/aromatic N) is 2. The van der Waals surface area contributed by atoms with Crippen LogP contribution in [0.2, 0.25) is 0 Å². The minimum absolute atomic E-state index is 0.228. The molecule has 3 nitrogen and oxygen atoms in total. The maximum Gasteiger partial charge on any atom is 0.225 e. The molecule has 0 bridgehead atoms. The van der Waals surface area contributed by atoms with Crippen molar-refractivity contribution in [3.05, 3.63) is 28.2 Å². The predicted molar refractivity (Wildman–Crippen MR) is 89.6 cm³/mol. The minimum Gasteiger partial charge on any atom is -0.368 e. The molecule has 114 valence electrons. The van der Waals surface area contributed by atoms with E-state index in [1.54, 1.807) is 0 Å². The Morgan fingerprint density at radius 3 is 2.48 bits per heavy atom. The van der Waals surface area contributed by atoms with Crippen LogP contribution in [0.5, 0.6) is 0 Å². The van der Waals surface area contributed by atoms with Crippen LogP contribution in [0, 0.1) is 18.8 Å². The molecule has 0 aromatic heterocycles. The van der Waals surface area contributed by atoms with Gasteiger partial charge in [0.2, 0.25) is 5.91 Å². The lowest BCUT2D eigenvalue weighted by molar-refractivity contribution is -0.135. The second-order valence-electron chi connectivity index (χ2n) is 6.37.